The van der Waals surface area contributed by atoms with Gasteiger partial charge in [-0.2, -0.15) is 13.2 Å². The van der Waals surface area contributed by atoms with Gasteiger partial charge in [0.25, 0.3) is 0 Å². The second-order valence-corrected chi connectivity index (χ2v) is 6.58. The number of hydrogen-bond acceptors (Lipinski definition) is 5. The zero-order valence-electron chi connectivity index (χ0n) is 15.0. The highest BCUT2D eigenvalue weighted by Crippen LogP contribution is 2.38. The molecule has 1 aromatic carbocycles. The van der Waals surface area contributed by atoms with Gasteiger partial charge >= 0.3 is 6.18 Å². The van der Waals surface area contributed by atoms with Crippen molar-refractivity contribution in [3.8, 4) is 17.0 Å². The van der Waals surface area contributed by atoms with Crippen LogP contribution in [-0.4, -0.2) is 41.7 Å². The van der Waals surface area contributed by atoms with Crippen molar-refractivity contribution in [2.45, 2.75) is 31.7 Å². The van der Waals surface area contributed by atoms with Crippen LogP contribution in [0.25, 0.3) is 11.3 Å². The van der Waals surface area contributed by atoms with Gasteiger partial charge in [-0.1, -0.05) is 0 Å². The molecule has 2 aromatic rings. The van der Waals surface area contributed by atoms with E-state index in [4.69, 9.17) is 10.5 Å². The molecule has 3 N–H and O–H groups in total. The number of phenols is 1. The molecule has 150 valence electrons. The van der Waals surface area contributed by atoms with Gasteiger partial charge in [0, 0.05) is 23.9 Å². The van der Waals surface area contributed by atoms with Gasteiger partial charge in [-0.3, -0.25) is 4.99 Å². The third kappa shape index (κ3) is 4.24. The van der Waals surface area contributed by atoms with Crippen LogP contribution in [0, 0.1) is 6.92 Å². The molecule has 0 radical (unpaired) electrons. The number of hydrogen-bond donors (Lipinski definition) is 2. The van der Waals surface area contributed by atoms with E-state index in [9.17, 15) is 22.7 Å². The molecule has 0 saturated carbocycles. The first-order valence-corrected chi connectivity index (χ1v) is 8.59. The Labute approximate surface area is 158 Å². The van der Waals surface area contributed by atoms with Crippen LogP contribution in [0.4, 0.5) is 23.4 Å². The molecule has 3 rings (SSSR count). The SMILES string of the molecule is Cc1cc(C(F)(F)F)cc(O)c1-c1ccc(C=NC2CCOCC2F)c(N)n1. The minimum atomic E-state index is -4.56. The summed E-state index contributed by atoms with van der Waals surface area (Å²) >= 11 is 0. The fourth-order valence-corrected chi connectivity index (χ4v) is 3.04. The van der Waals surface area contributed by atoms with Crippen LogP contribution in [0.15, 0.2) is 29.3 Å². The second kappa shape index (κ2) is 7.75. The number of aromatic hydroxyl groups is 1. The van der Waals surface area contributed by atoms with Gasteiger partial charge in [-0.25, -0.2) is 9.37 Å². The Morgan fingerprint density at radius 3 is 2.68 bits per heavy atom. The number of nitrogens with zero attached hydrogens (tertiary/aromatic N) is 2. The van der Waals surface area contributed by atoms with Crippen LogP contribution in [0.3, 0.4) is 0 Å². The Kier molecular flexibility index (Phi) is 5.55. The molecule has 1 aromatic heterocycles. The number of nitrogen functional groups attached to an aromatic ring is 1. The zero-order chi connectivity index (χ0) is 20.5. The Balaban J connectivity index is 1.88. The molecule has 2 atom stereocenters. The number of alkyl halides is 4. The van der Waals surface area contributed by atoms with E-state index >= 15 is 0 Å². The highest BCUT2D eigenvalue weighted by atomic mass is 19.4. The number of rotatable bonds is 3. The Morgan fingerprint density at radius 2 is 2.07 bits per heavy atom. The maximum Gasteiger partial charge on any atom is 0.416 e. The molecule has 1 saturated heterocycles. The van der Waals surface area contributed by atoms with Gasteiger partial charge in [0.15, 0.2) is 0 Å². The first-order valence-electron chi connectivity index (χ1n) is 8.59. The first kappa shape index (κ1) is 20.1. The Bertz CT molecular complexity index is 876. The van der Waals surface area contributed by atoms with Crippen LogP contribution in [0.1, 0.15) is 23.1 Å². The number of aliphatic imine (C=N–C) groups is 1. The molecule has 28 heavy (non-hydrogen) atoms. The largest absolute Gasteiger partial charge is 0.507 e. The van der Waals surface area contributed by atoms with E-state index in [2.05, 4.69) is 9.98 Å². The molecular formula is C19H19F4N3O2. The number of aromatic nitrogens is 1. The van der Waals surface area contributed by atoms with Crippen LogP contribution in [-0.2, 0) is 10.9 Å². The number of benzene rings is 1. The average Bonchev–Trinajstić information content (AvgIpc) is 2.61. The monoisotopic (exact) mass is 397 g/mol. The average molecular weight is 397 g/mol. The van der Waals surface area contributed by atoms with Crippen LogP contribution < -0.4 is 5.73 Å². The number of nitrogens with two attached hydrogens (primary N) is 1. The molecule has 0 spiro atoms. The number of phenolic OH excluding ortho intramolecular Hbond substituents is 1. The highest BCUT2D eigenvalue weighted by molar-refractivity contribution is 5.87. The standard InChI is InChI=1S/C19H19F4N3O2/c1-10-6-12(19(21,22)23)7-16(27)17(10)15-3-2-11(18(24)26-15)8-25-14-4-5-28-9-13(14)20/h2-3,6-8,13-14,27H,4-5,9H2,1H3,(H2,24,26). The van der Waals surface area contributed by atoms with Gasteiger partial charge in [0.05, 0.1) is 23.9 Å². The molecule has 1 aliphatic heterocycles. The van der Waals surface area contributed by atoms with Crippen molar-refractivity contribution in [1.82, 2.24) is 4.98 Å². The van der Waals surface area contributed by atoms with E-state index in [-0.39, 0.29) is 29.2 Å². The smallest absolute Gasteiger partial charge is 0.416 e. The summed E-state index contributed by atoms with van der Waals surface area (Å²) in [5.74, 6) is -0.467. The summed E-state index contributed by atoms with van der Waals surface area (Å²) in [6.45, 7) is 1.88. The summed E-state index contributed by atoms with van der Waals surface area (Å²) in [6, 6.07) is 4.17. The quantitative estimate of drug-likeness (QED) is 0.608. The highest BCUT2D eigenvalue weighted by Gasteiger charge is 2.32. The lowest BCUT2D eigenvalue weighted by Gasteiger charge is -2.22. The molecule has 2 unspecified atom stereocenters. The lowest BCUT2D eigenvalue weighted by Crippen LogP contribution is -2.32. The van der Waals surface area contributed by atoms with Crippen LogP contribution in [0.2, 0.25) is 0 Å². The van der Waals surface area contributed by atoms with E-state index in [1.165, 1.54) is 19.2 Å². The van der Waals surface area contributed by atoms with Crippen molar-refractivity contribution in [1.29, 1.82) is 0 Å². The fourth-order valence-electron chi connectivity index (χ4n) is 3.04. The number of anilines is 1. The summed E-state index contributed by atoms with van der Waals surface area (Å²) < 4.78 is 57.4. The third-order valence-electron chi connectivity index (χ3n) is 4.51. The molecule has 2 heterocycles. The summed E-state index contributed by atoms with van der Waals surface area (Å²) in [5.41, 5.74) is 6.04. The van der Waals surface area contributed by atoms with Gasteiger partial charge in [0.1, 0.15) is 17.7 Å². The molecule has 5 nitrogen and oxygen atoms in total. The Hall–Kier alpha value is -2.68. The molecular weight excluding hydrogens is 378 g/mol. The van der Waals surface area contributed by atoms with Crippen molar-refractivity contribution >= 4 is 12.0 Å². The Morgan fingerprint density at radius 1 is 1.32 bits per heavy atom. The normalized spacial score (nSPS) is 20.6. The van der Waals surface area contributed by atoms with E-state index in [0.29, 0.717) is 24.7 Å². The molecule has 1 fully saturated rings. The van der Waals surface area contributed by atoms with Crippen LogP contribution >= 0.6 is 0 Å². The fraction of sp³-hybridized carbons (Fsp3) is 0.368. The lowest BCUT2D eigenvalue weighted by molar-refractivity contribution is -0.137. The molecule has 1 aliphatic rings. The molecule has 0 amide bonds. The van der Waals surface area contributed by atoms with Gasteiger partial charge in [-0.05, 0) is 43.2 Å². The van der Waals surface area contributed by atoms with E-state index in [1.54, 1.807) is 6.07 Å². The molecule has 0 aliphatic carbocycles. The lowest BCUT2D eigenvalue weighted by atomic mass is 10.00. The van der Waals surface area contributed by atoms with Crippen molar-refractivity contribution < 1.29 is 27.4 Å². The summed E-state index contributed by atoms with van der Waals surface area (Å²) in [7, 11) is 0. The van der Waals surface area contributed by atoms with Crippen molar-refractivity contribution in [3.63, 3.8) is 0 Å². The predicted molar refractivity (Wildman–Crippen MR) is 97.2 cm³/mol. The minimum absolute atomic E-state index is 0.00114. The molecule has 0 bridgehead atoms. The maximum atomic E-state index is 13.7. The third-order valence-corrected chi connectivity index (χ3v) is 4.51. The summed E-state index contributed by atoms with van der Waals surface area (Å²) in [4.78, 5) is 8.36. The number of halogens is 4. The van der Waals surface area contributed by atoms with Gasteiger partial charge < -0.3 is 15.6 Å². The van der Waals surface area contributed by atoms with Gasteiger partial charge in [-0.15, -0.1) is 0 Å². The van der Waals surface area contributed by atoms with Crippen molar-refractivity contribution in [2.75, 3.05) is 18.9 Å². The van der Waals surface area contributed by atoms with E-state index in [1.807, 2.05) is 0 Å². The number of aryl methyl sites for hydroxylation is 1. The molecule has 9 heteroatoms. The van der Waals surface area contributed by atoms with E-state index < -0.39 is 29.7 Å². The van der Waals surface area contributed by atoms with Crippen molar-refractivity contribution in [2.24, 2.45) is 4.99 Å². The van der Waals surface area contributed by atoms with Gasteiger partial charge in [0.2, 0.25) is 0 Å². The first-order chi connectivity index (χ1) is 13.2. The predicted octanol–water partition coefficient (Wildman–Crippen LogP) is 3.91. The van der Waals surface area contributed by atoms with Crippen LogP contribution in [0.5, 0.6) is 5.75 Å². The zero-order valence-corrected chi connectivity index (χ0v) is 15.0. The minimum Gasteiger partial charge on any atom is -0.507 e. The van der Waals surface area contributed by atoms with Crippen molar-refractivity contribution in [3.05, 3.63) is 41.0 Å². The number of ether oxygens (including phenoxy) is 1. The maximum absolute atomic E-state index is 13.7. The number of pyridine rings is 1. The summed E-state index contributed by atoms with van der Waals surface area (Å²) in [5, 5.41) is 10.1. The summed E-state index contributed by atoms with van der Waals surface area (Å²) in [6.07, 6.45) is -3.87. The topological polar surface area (TPSA) is 80.7 Å². The second-order valence-electron chi connectivity index (χ2n) is 6.58. The van der Waals surface area contributed by atoms with E-state index in [0.717, 1.165) is 6.07 Å².